The van der Waals surface area contributed by atoms with Crippen molar-refractivity contribution in [2.45, 2.75) is 72.1 Å². The number of hydrogen-bond acceptors (Lipinski definition) is 6. The average molecular weight is 515 g/mol. The van der Waals surface area contributed by atoms with Crippen LogP contribution in [-0.4, -0.2) is 29.2 Å². The first-order valence-electron chi connectivity index (χ1n) is 12.0. The van der Waals surface area contributed by atoms with Crippen LogP contribution in [0.1, 0.15) is 70.4 Å². The highest BCUT2D eigenvalue weighted by molar-refractivity contribution is 7.17. The fourth-order valence-electron chi connectivity index (χ4n) is 4.31. The van der Waals surface area contributed by atoms with Crippen LogP contribution in [0.4, 0.5) is 9.80 Å². The molecule has 0 saturated heterocycles. The Kier molecular flexibility index (Phi) is 7.68. The van der Waals surface area contributed by atoms with Gasteiger partial charge in [0.1, 0.15) is 15.6 Å². The van der Waals surface area contributed by atoms with E-state index in [-0.39, 0.29) is 12.0 Å². The summed E-state index contributed by atoms with van der Waals surface area (Å²) in [5.41, 5.74) is 3.21. The SMILES string of the molecule is CNCc1sc(-n2cccc2)c(CNC(=O)Nc2sc3c(c2C(=O)OC(C)(C)C)CCCC3)c1C. The van der Waals surface area contributed by atoms with Gasteiger partial charge in [0.15, 0.2) is 0 Å². The Labute approximate surface area is 214 Å². The van der Waals surface area contributed by atoms with Crippen LogP contribution in [-0.2, 0) is 30.7 Å². The minimum atomic E-state index is -0.601. The topological polar surface area (TPSA) is 84.4 Å². The first-order chi connectivity index (χ1) is 16.7. The van der Waals surface area contributed by atoms with Crippen LogP contribution in [0.2, 0.25) is 0 Å². The van der Waals surface area contributed by atoms with Crippen molar-refractivity contribution in [2.24, 2.45) is 0 Å². The molecule has 2 amide bonds. The number of fused-ring (bicyclic) bond motifs is 1. The summed E-state index contributed by atoms with van der Waals surface area (Å²) in [7, 11) is 1.93. The highest BCUT2D eigenvalue weighted by Crippen LogP contribution is 2.39. The van der Waals surface area contributed by atoms with E-state index in [0.717, 1.165) is 48.4 Å². The summed E-state index contributed by atoms with van der Waals surface area (Å²) in [5.74, 6) is -0.368. The van der Waals surface area contributed by atoms with Crippen molar-refractivity contribution in [1.29, 1.82) is 0 Å². The minimum Gasteiger partial charge on any atom is -0.456 e. The second kappa shape index (κ2) is 10.6. The molecule has 0 spiro atoms. The fourth-order valence-corrected chi connectivity index (χ4v) is 6.89. The number of carbonyl (C=O) groups excluding carboxylic acids is 2. The lowest BCUT2D eigenvalue weighted by Crippen LogP contribution is -2.30. The minimum absolute atomic E-state index is 0.326. The van der Waals surface area contributed by atoms with Crippen LogP contribution >= 0.6 is 22.7 Å². The summed E-state index contributed by atoms with van der Waals surface area (Å²) < 4.78 is 7.77. The number of carbonyl (C=O) groups is 2. The largest absolute Gasteiger partial charge is 0.456 e. The van der Waals surface area contributed by atoms with E-state index >= 15 is 0 Å². The number of ether oxygens (including phenoxy) is 1. The van der Waals surface area contributed by atoms with Gasteiger partial charge in [-0.1, -0.05) is 0 Å². The van der Waals surface area contributed by atoms with E-state index in [1.165, 1.54) is 26.7 Å². The molecule has 1 aliphatic carbocycles. The summed E-state index contributed by atoms with van der Waals surface area (Å²) >= 11 is 3.22. The summed E-state index contributed by atoms with van der Waals surface area (Å²) in [6.07, 6.45) is 7.94. The first-order valence-corrected chi connectivity index (χ1v) is 13.6. The maximum absolute atomic E-state index is 13.1. The molecule has 9 heteroatoms. The summed E-state index contributed by atoms with van der Waals surface area (Å²) in [6.45, 7) is 8.83. The molecule has 3 aromatic rings. The first kappa shape index (κ1) is 25.5. The molecule has 188 valence electrons. The molecule has 0 aromatic carbocycles. The molecule has 4 rings (SSSR count). The Bertz CT molecular complexity index is 1200. The molecule has 7 nitrogen and oxygen atoms in total. The van der Waals surface area contributed by atoms with Gasteiger partial charge in [-0.3, -0.25) is 5.32 Å². The molecule has 0 aliphatic heterocycles. The molecule has 0 saturated carbocycles. The van der Waals surface area contributed by atoms with Crippen molar-refractivity contribution in [3.05, 3.63) is 56.5 Å². The Hall–Kier alpha value is -2.62. The number of thiophene rings is 2. The molecule has 0 atom stereocenters. The van der Waals surface area contributed by atoms with Crippen LogP contribution in [0.3, 0.4) is 0 Å². The molecular weight excluding hydrogens is 480 g/mol. The zero-order valence-electron chi connectivity index (χ0n) is 21.0. The van der Waals surface area contributed by atoms with Gasteiger partial charge < -0.3 is 19.9 Å². The third-order valence-electron chi connectivity index (χ3n) is 5.95. The quantitative estimate of drug-likeness (QED) is 0.349. The van der Waals surface area contributed by atoms with E-state index in [0.29, 0.717) is 17.1 Å². The molecular formula is C26H34N4O3S2. The van der Waals surface area contributed by atoms with Crippen molar-refractivity contribution in [3.8, 4) is 5.00 Å². The lowest BCUT2D eigenvalue weighted by molar-refractivity contribution is 0.00699. The molecule has 3 N–H and O–H groups in total. The van der Waals surface area contributed by atoms with Gasteiger partial charge in [-0.15, -0.1) is 22.7 Å². The van der Waals surface area contributed by atoms with Crippen LogP contribution in [0.25, 0.3) is 5.00 Å². The van der Waals surface area contributed by atoms with Gasteiger partial charge in [-0.05, 0) is 83.7 Å². The molecule has 3 heterocycles. The Morgan fingerprint density at radius 2 is 1.80 bits per heavy atom. The average Bonchev–Trinajstić information content (AvgIpc) is 3.50. The van der Waals surface area contributed by atoms with Crippen LogP contribution in [0.15, 0.2) is 24.5 Å². The van der Waals surface area contributed by atoms with Crippen molar-refractivity contribution >= 4 is 39.7 Å². The van der Waals surface area contributed by atoms with E-state index in [4.69, 9.17) is 4.74 Å². The molecule has 0 radical (unpaired) electrons. The Balaban J connectivity index is 1.54. The molecule has 0 fully saturated rings. The molecule has 35 heavy (non-hydrogen) atoms. The maximum Gasteiger partial charge on any atom is 0.341 e. The number of anilines is 1. The second-order valence-corrected chi connectivity index (χ2v) is 12.0. The Morgan fingerprint density at radius 1 is 1.09 bits per heavy atom. The number of hydrogen-bond donors (Lipinski definition) is 3. The zero-order chi connectivity index (χ0) is 25.2. The Morgan fingerprint density at radius 3 is 2.49 bits per heavy atom. The van der Waals surface area contributed by atoms with Crippen LogP contribution in [0, 0.1) is 6.92 Å². The number of aryl methyl sites for hydroxylation is 1. The number of esters is 1. The molecule has 1 aliphatic rings. The number of rotatable bonds is 7. The van der Waals surface area contributed by atoms with Gasteiger partial charge in [-0.2, -0.15) is 0 Å². The van der Waals surface area contributed by atoms with Crippen LogP contribution in [0.5, 0.6) is 0 Å². The van der Waals surface area contributed by atoms with Gasteiger partial charge in [0, 0.05) is 40.8 Å². The summed E-state index contributed by atoms with van der Waals surface area (Å²) in [5, 5.41) is 10.9. The zero-order valence-corrected chi connectivity index (χ0v) is 22.7. The van der Waals surface area contributed by atoms with Gasteiger partial charge in [-0.25, -0.2) is 9.59 Å². The van der Waals surface area contributed by atoms with Crippen molar-refractivity contribution in [3.63, 3.8) is 0 Å². The highest BCUT2D eigenvalue weighted by Gasteiger charge is 2.30. The molecule has 0 unspecified atom stereocenters. The molecule has 0 bridgehead atoms. The summed E-state index contributed by atoms with van der Waals surface area (Å²) in [4.78, 5) is 28.5. The second-order valence-electron chi connectivity index (χ2n) is 9.78. The predicted molar refractivity (Wildman–Crippen MR) is 143 cm³/mol. The summed E-state index contributed by atoms with van der Waals surface area (Å²) in [6, 6.07) is 3.66. The van der Waals surface area contributed by atoms with Gasteiger partial charge in [0.2, 0.25) is 0 Å². The van der Waals surface area contributed by atoms with Gasteiger partial charge in [0.25, 0.3) is 0 Å². The van der Waals surface area contributed by atoms with E-state index < -0.39 is 5.60 Å². The normalized spacial score (nSPS) is 13.4. The molecule has 3 aromatic heterocycles. The lowest BCUT2D eigenvalue weighted by Gasteiger charge is -2.21. The number of aromatic nitrogens is 1. The van der Waals surface area contributed by atoms with Crippen molar-refractivity contribution < 1.29 is 14.3 Å². The maximum atomic E-state index is 13.1. The fraction of sp³-hybridized carbons (Fsp3) is 0.462. The smallest absolute Gasteiger partial charge is 0.341 e. The number of nitrogens with one attached hydrogen (secondary N) is 3. The number of urea groups is 1. The van der Waals surface area contributed by atoms with Gasteiger partial charge >= 0.3 is 12.0 Å². The third kappa shape index (κ3) is 5.79. The van der Waals surface area contributed by atoms with Crippen molar-refractivity contribution in [1.82, 2.24) is 15.2 Å². The standard InChI is InChI=1S/C26H34N4O3S2/c1-16-18(23(30-12-8-9-13-30)35-20(16)15-27-5)14-28-25(32)29-22-21(24(31)33-26(2,3)4)17-10-6-7-11-19(17)34-22/h8-9,12-13,27H,6-7,10-11,14-15H2,1-5H3,(H2,28,29,32). The van der Waals surface area contributed by atoms with Crippen LogP contribution < -0.4 is 16.0 Å². The monoisotopic (exact) mass is 514 g/mol. The number of nitrogens with zero attached hydrogens (tertiary/aromatic N) is 1. The van der Waals surface area contributed by atoms with E-state index in [2.05, 4.69) is 27.4 Å². The lowest BCUT2D eigenvalue weighted by atomic mass is 9.95. The highest BCUT2D eigenvalue weighted by atomic mass is 32.1. The number of amides is 2. The van der Waals surface area contributed by atoms with Gasteiger partial charge in [0.05, 0.1) is 5.56 Å². The van der Waals surface area contributed by atoms with Crippen molar-refractivity contribution in [2.75, 3.05) is 12.4 Å². The van der Waals surface area contributed by atoms with E-state index in [9.17, 15) is 9.59 Å². The predicted octanol–water partition coefficient (Wildman–Crippen LogP) is 5.78. The third-order valence-corrected chi connectivity index (χ3v) is 8.51. The van der Waals surface area contributed by atoms with E-state index in [1.54, 1.807) is 11.3 Å². The van der Waals surface area contributed by atoms with E-state index in [1.807, 2.05) is 52.3 Å².